The summed E-state index contributed by atoms with van der Waals surface area (Å²) in [4.78, 5) is 20.6. The van der Waals surface area contributed by atoms with Gasteiger partial charge in [0.15, 0.2) is 11.5 Å². The van der Waals surface area contributed by atoms with Crippen molar-refractivity contribution in [3.63, 3.8) is 0 Å². The molecule has 34 heavy (non-hydrogen) atoms. The predicted molar refractivity (Wildman–Crippen MR) is 133 cm³/mol. The third-order valence-corrected chi connectivity index (χ3v) is 8.07. The number of hydrogen-bond acceptors (Lipinski definition) is 7. The Kier molecular flexibility index (Phi) is 6.61. The van der Waals surface area contributed by atoms with Crippen LogP contribution in [0.5, 0.6) is 17.2 Å². The average Bonchev–Trinajstić information content (AvgIpc) is 3.25. The molecule has 0 saturated carbocycles. The highest BCUT2D eigenvalue weighted by atomic mass is 32.1. The summed E-state index contributed by atoms with van der Waals surface area (Å²) in [5.41, 5.74) is 1.59. The summed E-state index contributed by atoms with van der Waals surface area (Å²) in [6, 6.07) is 12.8. The zero-order valence-corrected chi connectivity index (χ0v) is 20.7. The molecule has 2 aromatic carbocycles. The number of carbonyl (C=O) groups excluding carboxylic acids is 1. The first kappa shape index (κ1) is 22.9. The van der Waals surface area contributed by atoms with Crippen LogP contribution in [0.1, 0.15) is 47.5 Å². The molecule has 1 amide bonds. The molecule has 2 unspecified atom stereocenters. The normalized spacial score (nSPS) is 22.4. The van der Waals surface area contributed by atoms with Crippen molar-refractivity contribution in [1.82, 2.24) is 15.2 Å². The highest BCUT2D eigenvalue weighted by Crippen LogP contribution is 2.39. The number of aromatic nitrogens is 1. The van der Waals surface area contributed by atoms with Gasteiger partial charge in [-0.2, -0.15) is 0 Å². The fourth-order valence-electron chi connectivity index (χ4n) is 5.48. The van der Waals surface area contributed by atoms with Crippen molar-refractivity contribution in [3.05, 3.63) is 47.0 Å². The molecule has 2 aliphatic heterocycles. The minimum atomic E-state index is -0.109. The van der Waals surface area contributed by atoms with E-state index in [1.54, 1.807) is 44.8 Å². The van der Waals surface area contributed by atoms with E-state index in [4.69, 9.17) is 19.2 Å². The van der Waals surface area contributed by atoms with Crippen molar-refractivity contribution in [2.45, 2.75) is 56.8 Å². The van der Waals surface area contributed by atoms with Crippen LogP contribution in [0, 0.1) is 0 Å². The molecule has 0 aliphatic carbocycles. The zero-order valence-electron chi connectivity index (χ0n) is 19.9. The summed E-state index contributed by atoms with van der Waals surface area (Å²) in [5, 5.41) is 4.46. The minimum absolute atomic E-state index is 0.109. The lowest BCUT2D eigenvalue weighted by atomic mass is 9.81. The van der Waals surface area contributed by atoms with Crippen molar-refractivity contribution in [2.75, 3.05) is 21.3 Å². The van der Waals surface area contributed by atoms with Gasteiger partial charge in [-0.15, -0.1) is 11.3 Å². The van der Waals surface area contributed by atoms with Gasteiger partial charge in [-0.3, -0.25) is 9.69 Å². The second kappa shape index (κ2) is 9.80. The van der Waals surface area contributed by atoms with E-state index in [1.807, 2.05) is 6.07 Å². The van der Waals surface area contributed by atoms with Gasteiger partial charge in [0.25, 0.3) is 5.91 Å². The topological polar surface area (TPSA) is 72.9 Å². The number of nitrogens with zero attached hydrogens (tertiary/aromatic N) is 2. The van der Waals surface area contributed by atoms with Crippen molar-refractivity contribution in [3.8, 4) is 17.2 Å². The van der Waals surface area contributed by atoms with Gasteiger partial charge in [0.2, 0.25) is 5.75 Å². The number of carbonyl (C=O) groups is 1. The lowest BCUT2D eigenvalue weighted by molar-refractivity contribution is 0.0177. The quantitative estimate of drug-likeness (QED) is 0.530. The number of nitrogens with one attached hydrogen (secondary N) is 1. The van der Waals surface area contributed by atoms with Crippen LogP contribution in [0.15, 0.2) is 36.4 Å². The number of fused-ring (bicyclic) bond motifs is 3. The highest BCUT2D eigenvalue weighted by Gasteiger charge is 2.39. The molecule has 8 heteroatoms. The molecule has 0 spiro atoms. The molecule has 1 aromatic heterocycles. The molecule has 2 fully saturated rings. The Bertz CT molecular complexity index is 1110. The number of thiazole rings is 1. The van der Waals surface area contributed by atoms with Gasteiger partial charge in [0.05, 0.1) is 38.1 Å². The molecule has 3 heterocycles. The van der Waals surface area contributed by atoms with Crippen LogP contribution in [0.2, 0.25) is 0 Å². The Morgan fingerprint density at radius 1 is 1.06 bits per heavy atom. The molecule has 2 bridgehead atoms. The fourth-order valence-corrected chi connectivity index (χ4v) is 6.46. The van der Waals surface area contributed by atoms with E-state index in [-0.39, 0.29) is 11.9 Å². The van der Waals surface area contributed by atoms with E-state index >= 15 is 0 Å². The molecular formula is C26H31N3O4S. The van der Waals surface area contributed by atoms with Crippen LogP contribution in [0.4, 0.5) is 0 Å². The van der Waals surface area contributed by atoms with E-state index in [1.165, 1.54) is 16.1 Å². The van der Waals surface area contributed by atoms with Crippen LogP contribution in [-0.4, -0.2) is 55.2 Å². The maximum absolute atomic E-state index is 13.2. The predicted octanol–water partition coefficient (Wildman–Crippen LogP) is 4.64. The number of rotatable bonds is 7. The summed E-state index contributed by atoms with van der Waals surface area (Å²) >= 11 is 1.79. The number of hydrogen-bond donors (Lipinski definition) is 1. The van der Waals surface area contributed by atoms with Crippen molar-refractivity contribution in [1.29, 1.82) is 0 Å². The molecule has 7 nitrogen and oxygen atoms in total. The first-order chi connectivity index (χ1) is 16.6. The second-order valence-corrected chi connectivity index (χ2v) is 10.2. The van der Waals surface area contributed by atoms with E-state index in [2.05, 4.69) is 28.4 Å². The Hall–Kier alpha value is -2.84. The monoisotopic (exact) mass is 481 g/mol. The number of methoxy groups -OCH3 is 3. The van der Waals surface area contributed by atoms with Crippen LogP contribution in [0.3, 0.4) is 0 Å². The van der Waals surface area contributed by atoms with Crippen molar-refractivity contribution < 1.29 is 19.0 Å². The SMILES string of the molecule is COc1cc(C(=O)NC2CC3CCCC(C2)N3Cc2nc3ccccc3s2)cc(OC)c1OC. The first-order valence-corrected chi connectivity index (χ1v) is 12.6. The van der Waals surface area contributed by atoms with Gasteiger partial charge in [-0.05, 0) is 49.9 Å². The van der Waals surface area contributed by atoms with E-state index < -0.39 is 0 Å². The molecule has 3 aromatic rings. The third-order valence-electron chi connectivity index (χ3n) is 7.04. The number of benzene rings is 2. The largest absolute Gasteiger partial charge is 0.493 e. The molecule has 2 saturated heterocycles. The standard InChI is InChI=1S/C26H31N3O4S/c1-31-21-11-16(12-22(32-2)25(21)33-3)26(30)27-17-13-18-7-6-8-19(14-17)29(18)15-24-28-20-9-4-5-10-23(20)34-24/h4-5,9-12,17-19H,6-8,13-15H2,1-3H3,(H,27,30). The van der Waals surface area contributed by atoms with Gasteiger partial charge in [0, 0.05) is 23.7 Å². The minimum Gasteiger partial charge on any atom is -0.493 e. The Labute approximate surface area is 204 Å². The van der Waals surface area contributed by atoms with Gasteiger partial charge >= 0.3 is 0 Å². The summed E-state index contributed by atoms with van der Waals surface area (Å²) in [6.07, 6.45) is 5.49. The Morgan fingerprint density at radius 2 is 1.74 bits per heavy atom. The highest BCUT2D eigenvalue weighted by molar-refractivity contribution is 7.18. The molecular weight excluding hydrogens is 450 g/mol. The molecule has 1 N–H and O–H groups in total. The summed E-state index contributed by atoms with van der Waals surface area (Å²) in [5.74, 6) is 1.34. The summed E-state index contributed by atoms with van der Waals surface area (Å²) in [7, 11) is 4.67. The number of piperidine rings is 2. The smallest absolute Gasteiger partial charge is 0.251 e. The second-order valence-electron chi connectivity index (χ2n) is 9.04. The molecule has 0 radical (unpaired) electrons. The zero-order chi connectivity index (χ0) is 23.7. The van der Waals surface area contributed by atoms with Crippen molar-refractivity contribution >= 4 is 27.5 Å². The lowest BCUT2D eigenvalue weighted by Gasteiger charge is -2.48. The van der Waals surface area contributed by atoms with E-state index in [0.717, 1.165) is 37.7 Å². The number of para-hydroxylation sites is 1. The molecule has 180 valence electrons. The number of ether oxygens (including phenoxy) is 3. The Morgan fingerprint density at radius 3 is 2.35 bits per heavy atom. The first-order valence-electron chi connectivity index (χ1n) is 11.8. The van der Waals surface area contributed by atoms with Crippen LogP contribution < -0.4 is 19.5 Å². The summed E-state index contributed by atoms with van der Waals surface area (Å²) < 4.78 is 17.5. The van der Waals surface area contributed by atoms with Gasteiger partial charge in [-0.1, -0.05) is 18.6 Å². The summed E-state index contributed by atoms with van der Waals surface area (Å²) in [6.45, 7) is 0.891. The van der Waals surface area contributed by atoms with Crippen LogP contribution in [-0.2, 0) is 6.54 Å². The van der Waals surface area contributed by atoms with Crippen LogP contribution in [0.25, 0.3) is 10.2 Å². The molecule has 5 rings (SSSR count). The Balaban J connectivity index is 1.28. The van der Waals surface area contributed by atoms with Crippen molar-refractivity contribution in [2.24, 2.45) is 0 Å². The van der Waals surface area contributed by atoms with Gasteiger partial charge in [-0.25, -0.2) is 4.98 Å². The maximum atomic E-state index is 13.2. The van der Waals surface area contributed by atoms with E-state index in [9.17, 15) is 4.79 Å². The lowest BCUT2D eigenvalue weighted by Crippen LogP contribution is -2.56. The van der Waals surface area contributed by atoms with E-state index in [0.29, 0.717) is 34.9 Å². The number of amides is 1. The third kappa shape index (κ3) is 4.44. The van der Waals surface area contributed by atoms with Gasteiger partial charge in [0.1, 0.15) is 5.01 Å². The van der Waals surface area contributed by atoms with Gasteiger partial charge < -0.3 is 19.5 Å². The maximum Gasteiger partial charge on any atom is 0.251 e. The van der Waals surface area contributed by atoms with Crippen LogP contribution >= 0.6 is 11.3 Å². The fraction of sp³-hybridized carbons (Fsp3) is 0.462. The average molecular weight is 482 g/mol. The molecule has 2 atom stereocenters. The molecule has 2 aliphatic rings.